The van der Waals surface area contributed by atoms with Gasteiger partial charge in [-0.05, 0) is 24.3 Å². The number of hydrogen-bond donors (Lipinski definition) is 1. The number of methoxy groups -OCH3 is 2. The van der Waals surface area contributed by atoms with Crippen LogP contribution in [0.5, 0.6) is 11.5 Å². The van der Waals surface area contributed by atoms with Crippen LogP contribution >= 0.6 is 11.6 Å². The predicted octanol–water partition coefficient (Wildman–Crippen LogP) is 3.97. The van der Waals surface area contributed by atoms with Crippen molar-refractivity contribution in [3.8, 4) is 17.6 Å². The van der Waals surface area contributed by atoms with Crippen molar-refractivity contribution < 1.29 is 9.47 Å². The Morgan fingerprint density at radius 1 is 1.00 bits per heavy atom. The summed E-state index contributed by atoms with van der Waals surface area (Å²) in [6.07, 6.45) is 0. The van der Waals surface area contributed by atoms with E-state index in [9.17, 15) is 0 Å². The van der Waals surface area contributed by atoms with Crippen LogP contribution in [0.2, 0.25) is 5.02 Å². The highest BCUT2D eigenvalue weighted by Gasteiger charge is 2.08. The zero-order valence-electron chi connectivity index (χ0n) is 11.1. The van der Waals surface area contributed by atoms with Crippen molar-refractivity contribution >= 4 is 23.0 Å². The number of rotatable bonds is 4. The summed E-state index contributed by atoms with van der Waals surface area (Å²) in [5.74, 6) is 1.34. The Morgan fingerprint density at radius 2 is 1.60 bits per heavy atom. The third kappa shape index (κ3) is 2.95. The van der Waals surface area contributed by atoms with Crippen LogP contribution in [0.3, 0.4) is 0 Å². The summed E-state index contributed by atoms with van der Waals surface area (Å²) in [6.45, 7) is 0. The van der Waals surface area contributed by atoms with Crippen molar-refractivity contribution in [2.45, 2.75) is 0 Å². The van der Waals surface area contributed by atoms with Gasteiger partial charge in [-0.25, -0.2) is 0 Å². The summed E-state index contributed by atoms with van der Waals surface area (Å²) >= 11 is 6.14. The Balaban J connectivity index is 2.41. The van der Waals surface area contributed by atoms with Gasteiger partial charge in [0.25, 0.3) is 0 Å². The number of anilines is 2. The van der Waals surface area contributed by atoms with E-state index >= 15 is 0 Å². The number of nitriles is 1. The number of benzene rings is 2. The molecule has 0 aliphatic heterocycles. The fourth-order valence-electron chi connectivity index (χ4n) is 1.72. The van der Waals surface area contributed by atoms with Crippen molar-refractivity contribution in [2.24, 2.45) is 0 Å². The molecule has 4 nitrogen and oxygen atoms in total. The van der Waals surface area contributed by atoms with E-state index in [1.54, 1.807) is 50.6 Å². The maximum atomic E-state index is 9.14. The second kappa shape index (κ2) is 6.18. The second-order valence-corrected chi connectivity index (χ2v) is 4.40. The average Bonchev–Trinajstić information content (AvgIpc) is 2.49. The van der Waals surface area contributed by atoms with E-state index in [-0.39, 0.29) is 0 Å². The van der Waals surface area contributed by atoms with E-state index in [2.05, 4.69) is 11.4 Å². The Bertz CT molecular complexity index is 665. The summed E-state index contributed by atoms with van der Waals surface area (Å²) in [4.78, 5) is 0. The third-order valence-electron chi connectivity index (χ3n) is 2.79. The SMILES string of the molecule is COc1ccc(Cl)c(Nc2cc(OC)ccc2C#N)c1. The molecule has 5 heteroatoms. The van der Waals surface area contributed by atoms with E-state index < -0.39 is 0 Å². The molecule has 2 rings (SSSR count). The zero-order valence-corrected chi connectivity index (χ0v) is 11.9. The van der Waals surface area contributed by atoms with Crippen molar-refractivity contribution in [3.63, 3.8) is 0 Å². The van der Waals surface area contributed by atoms with Gasteiger partial charge >= 0.3 is 0 Å². The standard InChI is InChI=1S/C15H13ClN2O2/c1-19-11-4-3-10(9-17)14(7-11)18-15-8-12(20-2)5-6-13(15)16/h3-8,18H,1-2H3. The average molecular weight is 289 g/mol. The van der Waals surface area contributed by atoms with Gasteiger partial charge in [0.1, 0.15) is 17.6 Å². The molecule has 2 aromatic rings. The second-order valence-electron chi connectivity index (χ2n) is 3.99. The Morgan fingerprint density at radius 3 is 2.20 bits per heavy atom. The lowest BCUT2D eigenvalue weighted by atomic mass is 10.1. The van der Waals surface area contributed by atoms with Gasteiger partial charge in [-0.1, -0.05) is 11.6 Å². The highest BCUT2D eigenvalue weighted by atomic mass is 35.5. The molecule has 0 aliphatic rings. The van der Waals surface area contributed by atoms with Crippen LogP contribution in [0, 0.1) is 11.3 Å². The minimum Gasteiger partial charge on any atom is -0.497 e. The van der Waals surface area contributed by atoms with Gasteiger partial charge in [-0.15, -0.1) is 0 Å². The first kappa shape index (κ1) is 14.0. The first-order chi connectivity index (χ1) is 9.67. The predicted molar refractivity (Wildman–Crippen MR) is 79.0 cm³/mol. The lowest BCUT2D eigenvalue weighted by Crippen LogP contribution is -1.96. The van der Waals surface area contributed by atoms with Crippen molar-refractivity contribution in [1.82, 2.24) is 0 Å². The molecule has 0 fully saturated rings. The summed E-state index contributed by atoms with van der Waals surface area (Å²) in [7, 11) is 3.16. The fourth-order valence-corrected chi connectivity index (χ4v) is 1.89. The van der Waals surface area contributed by atoms with Crippen LogP contribution in [0.4, 0.5) is 11.4 Å². The van der Waals surface area contributed by atoms with E-state index in [1.807, 2.05) is 0 Å². The van der Waals surface area contributed by atoms with E-state index in [0.29, 0.717) is 33.5 Å². The monoisotopic (exact) mass is 288 g/mol. The zero-order chi connectivity index (χ0) is 14.5. The Hall–Kier alpha value is -2.38. The van der Waals surface area contributed by atoms with E-state index in [0.717, 1.165) is 0 Å². The van der Waals surface area contributed by atoms with Gasteiger partial charge in [0.15, 0.2) is 0 Å². The Kier molecular flexibility index (Phi) is 4.34. The van der Waals surface area contributed by atoms with E-state index in [4.69, 9.17) is 26.3 Å². The summed E-state index contributed by atoms with van der Waals surface area (Å²) in [5.41, 5.74) is 1.79. The van der Waals surface area contributed by atoms with Gasteiger partial charge in [0, 0.05) is 12.1 Å². The number of nitrogens with one attached hydrogen (secondary N) is 1. The smallest absolute Gasteiger partial charge is 0.121 e. The number of hydrogen-bond acceptors (Lipinski definition) is 4. The molecule has 0 radical (unpaired) electrons. The molecule has 0 atom stereocenters. The van der Waals surface area contributed by atoms with Gasteiger partial charge in [0.2, 0.25) is 0 Å². The molecule has 2 aromatic carbocycles. The third-order valence-corrected chi connectivity index (χ3v) is 3.12. The molecule has 0 heterocycles. The van der Waals surface area contributed by atoms with Crippen molar-refractivity contribution in [3.05, 3.63) is 47.0 Å². The van der Waals surface area contributed by atoms with Crippen LogP contribution in [0.25, 0.3) is 0 Å². The van der Waals surface area contributed by atoms with Gasteiger partial charge in [-0.2, -0.15) is 5.26 Å². The van der Waals surface area contributed by atoms with E-state index in [1.165, 1.54) is 0 Å². The maximum absolute atomic E-state index is 9.14. The molecular formula is C15H13ClN2O2. The van der Waals surface area contributed by atoms with Gasteiger partial charge in [0.05, 0.1) is 36.2 Å². The first-order valence-corrected chi connectivity index (χ1v) is 6.24. The topological polar surface area (TPSA) is 54.3 Å². The highest BCUT2D eigenvalue weighted by molar-refractivity contribution is 6.33. The minimum absolute atomic E-state index is 0.504. The van der Waals surface area contributed by atoms with Crippen molar-refractivity contribution in [1.29, 1.82) is 5.26 Å². The minimum atomic E-state index is 0.504. The van der Waals surface area contributed by atoms with Crippen LogP contribution in [-0.2, 0) is 0 Å². The molecule has 20 heavy (non-hydrogen) atoms. The number of nitrogens with zero attached hydrogens (tertiary/aromatic N) is 1. The first-order valence-electron chi connectivity index (χ1n) is 5.86. The highest BCUT2D eigenvalue weighted by Crippen LogP contribution is 2.32. The number of halogens is 1. The summed E-state index contributed by atoms with van der Waals surface area (Å²) in [6, 6.07) is 12.6. The molecule has 0 aromatic heterocycles. The molecule has 0 aliphatic carbocycles. The molecule has 0 saturated carbocycles. The molecule has 0 unspecified atom stereocenters. The normalized spacial score (nSPS) is 9.70. The van der Waals surface area contributed by atoms with Crippen LogP contribution in [-0.4, -0.2) is 14.2 Å². The maximum Gasteiger partial charge on any atom is 0.121 e. The number of ether oxygens (including phenoxy) is 2. The molecule has 0 saturated heterocycles. The van der Waals surface area contributed by atoms with Gasteiger partial charge < -0.3 is 14.8 Å². The van der Waals surface area contributed by atoms with Crippen LogP contribution < -0.4 is 14.8 Å². The van der Waals surface area contributed by atoms with Crippen LogP contribution in [0.15, 0.2) is 36.4 Å². The van der Waals surface area contributed by atoms with Gasteiger partial charge in [-0.3, -0.25) is 0 Å². The molecular weight excluding hydrogens is 276 g/mol. The largest absolute Gasteiger partial charge is 0.497 e. The molecule has 0 amide bonds. The van der Waals surface area contributed by atoms with Crippen molar-refractivity contribution in [2.75, 3.05) is 19.5 Å². The quantitative estimate of drug-likeness (QED) is 0.925. The lowest BCUT2D eigenvalue weighted by molar-refractivity contribution is 0.415. The van der Waals surface area contributed by atoms with Crippen LogP contribution in [0.1, 0.15) is 5.56 Å². The summed E-state index contributed by atoms with van der Waals surface area (Å²) < 4.78 is 10.3. The summed E-state index contributed by atoms with van der Waals surface area (Å²) in [5, 5.41) is 12.8. The molecule has 102 valence electrons. The molecule has 0 spiro atoms. The fraction of sp³-hybridized carbons (Fsp3) is 0.133. The Labute approximate surface area is 122 Å². The lowest BCUT2D eigenvalue weighted by Gasteiger charge is -2.12. The molecule has 1 N–H and O–H groups in total. The molecule has 0 bridgehead atoms.